The lowest BCUT2D eigenvalue weighted by Gasteiger charge is -2.16. The number of carbonyl (C=O) groups is 5. The van der Waals surface area contributed by atoms with Gasteiger partial charge in [0.15, 0.2) is 0 Å². The minimum Gasteiger partial charge on any atom is -0.480 e. The van der Waals surface area contributed by atoms with E-state index >= 15 is 0 Å². The van der Waals surface area contributed by atoms with Crippen molar-refractivity contribution in [3.8, 4) is 0 Å². The number of nitrogens with one attached hydrogen (secondary N) is 2. The Hall–Kier alpha value is -2.34. The molecule has 12 heteroatoms. The van der Waals surface area contributed by atoms with Crippen molar-refractivity contribution < 1.29 is 39.3 Å². The molecule has 0 aromatic heterocycles. The third kappa shape index (κ3) is 9.84. The number of hydrogen-bond acceptors (Lipinski definition) is 7. The fourth-order valence-electron chi connectivity index (χ4n) is 1.82. The van der Waals surface area contributed by atoms with E-state index in [1.165, 1.54) is 11.8 Å². The van der Waals surface area contributed by atoms with E-state index in [4.69, 9.17) is 21.1 Å². The second kappa shape index (κ2) is 12.1. The maximum absolute atomic E-state index is 11.8. The number of hydrogen-bond donors (Lipinski definition) is 6. The standard InChI is InChI=1S/C14H23N3O8S/c1-26-6-9(14(24)25)17-11(19)5-3-8(13(22)23)16-10(18)4-2-7(15)12(20)21/h7-9H,2-6,15H2,1H3,(H,16,18)(H,17,19)(H,20,21)(H,22,23)(H,24,25). The molecule has 0 radical (unpaired) electrons. The Morgan fingerprint density at radius 1 is 0.846 bits per heavy atom. The molecular weight excluding hydrogens is 370 g/mol. The Kier molecular flexibility index (Phi) is 11.0. The van der Waals surface area contributed by atoms with Crippen LogP contribution in [0.15, 0.2) is 0 Å². The summed E-state index contributed by atoms with van der Waals surface area (Å²) < 4.78 is 0. The summed E-state index contributed by atoms with van der Waals surface area (Å²) in [5, 5.41) is 31.1. The Morgan fingerprint density at radius 2 is 1.31 bits per heavy atom. The maximum Gasteiger partial charge on any atom is 0.327 e. The molecule has 0 heterocycles. The van der Waals surface area contributed by atoms with Gasteiger partial charge in [-0.25, -0.2) is 9.59 Å². The molecule has 0 fully saturated rings. The molecule has 3 unspecified atom stereocenters. The van der Waals surface area contributed by atoms with Gasteiger partial charge in [0, 0.05) is 18.6 Å². The zero-order chi connectivity index (χ0) is 20.3. The smallest absolute Gasteiger partial charge is 0.327 e. The van der Waals surface area contributed by atoms with Crippen LogP contribution in [0.4, 0.5) is 0 Å². The van der Waals surface area contributed by atoms with Crippen molar-refractivity contribution in [1.29, 1.82) is 0 Å². The van der Waals surface area contributed by atoms with Crippen molar-refractivity contribution >= 4 is 41.5 Å². The molecule has 0 aliphatic heterocycles. The first-order valence-corrected chi connectivity index (χ1v) is 8.99. The van der Waals surface area contributed by atoms with E-state index < -0.39 is 47.8 Å². The quantitative estimate of drug-likeness (QED) is 0.213. The van der Waals surface area contributed by atoms with Crippen LogP contribution in [-0.4, -0.2) is 75.2 Å². The van der Waals surface area contributed by atoms with E-state index in [1.54, 1.807) is 6.26 Å². The van der Waals surface area contributed by atoms with Crippen LogP contribution >= 0.6 is 11.8 Å². The molecule has 26 heavy (non-hydrogen) atoms. The molecule has 0 saturated carbocycles. The van der Waals surface area contributed by atoms with Gasteiger partial charge in [-0.2, -0.15) is 11.8 Å². The summed E-state index contributed by atoms with van der Waals surface area (Å²) in [6, 6.07) is -3.69. The molecule has 7 N–H and O–H groups in total. The second-order valence-electron chi connectivity index (χ2n) is 5.39. The van der Waals surface area contributed by atoms with Crippen LogP contribution in [0, 0.1) is 0 Å². The number of carboxylic acid groups (broad SMARTS) is 3. The lowest BCUT2D eigenvalue weighted by atomic mass is 10.1. The second-order valence-corrected chi connectivity index (χ2v) is 6.30. The summed E-state index contributed by atoms with van der Waals surface area (Å²) in [5.41, 5.74) is 5.25. The predicted octanol–water partition coefficient (Wildman–Crippen LogP) is -1.54. The molecular formula is C14H23N3O8S. The number of thioether (sulfide) groups is 1. The highest BCUT2D eigenvalue weighted by Gasteiger charge is 2.24. The van der Waals surface area contributed by atoms with Gasteiger partial charge in [-0.15, -0.1) is 0 Å². The number of aliphatic carboxylic acids is 3. The highest BCUT2D eigenvalue weighted by Crippen LogP contribution is 2.03. The van der Waals surface area contributed by atoms with Gasteiger partial charge < -0.3 is 31.7 Å². The molecule has 0 aromatic carbocycles. The van der Waals surface area contributed by atoms with Gasteiger partial charge in [0.1, 0.15) is 18.1 Å². The monoisotopic (exact) mass is 393 g/mol. The maximum atomic E-state index is 11.8. The summed E-state index contributed by atoms with van der Waals surface area (Å²) in [5.74, 6) is -5.05. The third-order valence-electron chi connectivity index (χ3n) is 3.26. The van der Waals surface area contributed by atoms with Crippen LogP contribution in [0.3, 0.4) is 0 Å². The number of carboxylic acids is 3. The van der Waals surface area contributed by atoms with Gasteiger partial charge in [-0.1, -0.05) is 0 Å². The molecule has 11 nitrogen and oxygen atoms in total. The minimum atomic E-state index is -1.37. The number of nitrogens with two attached hydrogens (primary N) is 1. The Balaban J connectivity index is 4.48. The molecule has 0 aliphatic rings. The van der Waals surface area contributed by atoms with E-state index in [1.807, 2.05) is 0 Å². The van der Waals surface area contributed by atoms with E-state index in [-0.39, 0.29) is 31.4 Å². The van der Waals surface area contributed by atoms with E-state index in [0.29, 0.717) is 0 Å². The highest BCUT2D eigenvalue weighted by molar-refractivity contribution is 7.98. The fourth-order valence-corrected chi connectivity index (χ4v) is 2.38. The Labute approximate surface area is 153 Å². The number of amides is 2. The first kappa shape index (κ1) is 23.7. The van der Waals surface area contributed by atoms with Crippen molar-refractivity contribution in [2.75, 3.05) is 12.0 Å². The summed E-state index contributed by atoms with van der Waals surface area (Å²) in [4.78, 5) is 56.1. The lowest BCUT2D eigenvalue weighted by molar-refractivity contribution is -0.143. The lowest BCUT2D eigenvalue weighted by Crippen LogP contribution is -2.45. The highest BCUT2D eigenvalue weighted by atomic mass is 32.2. The predicted molar refractivity (Wildman–Crippen MR) is 91.6 cm³/mol. The summed E-state index contributed by atoms with van der Waals surface area (Å²) in [7, 11) is 0. The molecule has 0 rings (SSSR count). The summed E-state index contributed by atoms with van der Waals surface area (Å²) in [6.07, 6.45) is 0.684. The largest absolute Gasteiger partial charge is 0.480 e. The first-order valence-electron chi connectivity index (χ1n) is 7.60. The van der Waals surface area contributed by atoms with E-state index in [0.717, 1.165) is 0 Å². The Bertz CT molecular complexity index is 542. The van der Waals surface area contributed by atoms with Crippen LogP contribution < -0.4 is 16.4 Å². The molecule has 0 bridgehead atoms. The van der Waals surface area contributed by atoms with Gasteiger partial charge in [-0.05, 0) is 19.1 Å². The molecule has 148 valence electrons. The molecule has 3 atom stereocenters. The van der Waals surface area contributed by atoms with Crippen molar-refractivity contribution in [2.45, 2.75) is 43.8 Å². The normalized spacial score (nSPS) is 13.9. The average Bonchev–Trinajstić information content (AvgIpc) is 2.55. The molecule has 0 aliphatic carbocycles. The van der Waals surface area contributed by atoms with Gasteiger partial charge in [0.05, 0.1) is 0 Å². The molecule has 0 saturated heterocycles. The molecule has 0 spiro atoms. The van der Waals surface area contributed by atoms with Crippen molar-refractivity contribution in [1.82, 2.24) is 10.6 Å². The van der Waals surface area contributed by atoms with Crippen LogP contribution in [0.2, 0.25) is 0 Å². The molecule has 2 amide bonds. The van der Waals surface area contributed by atoms with Gasteiger partial charge in [0.2, 0.25) is 11.8 Å². The van der Waals surface area contributed by atoms with Crippen molar-refractivity contribution in [3.05, 3.63) is 0 Å². The Morgan fingerprint density at radius 3 is 1.73 bits per heavy atom. The molecule has 0 aromatic rings. The van der Waals surface area contributed by atoms with Crippen LogP contribution in [0.1, 0.15) is 25.7 Å². The van der Waals surface area contributed by atoms with Crippen molar-refractivity contribution in [3.63, 3.8) is 0 Å². The zero-order valence-corrected chi connectivity index (χ0v) is 15.0. The zero-order valence-electron chi connectivity index (χ0n) is 14.1. The van der Waals surface area contributed by atoms with E-state index in [9.17, 15) is 24.0 Å². The van der Waals surface area contributed by atoms with E-state index in [2.05, 4.69) is 10.6 Å². The van der Waals surface area contributed by atoms with Gasteiger partial charge in [-0.3, -0.25) is 14.4 Å². The number of rotatable bonds is 13. The van der Waals surface area contributed by atoms with Crippen LogP contribution in [-0.2, 0) is 24.0 Å². The topological polar surface area (TPSA) is 196 Å². The first-order chi connectivity index (χ1) is 12.1. The summed E-state index contributed by atoms with van der Waals surface area (Å²) in [6.45, 7) is 0. The van der Waals surface area contributed by atoms with Crippen LogP contribution in [0.25, 0.3) is 0 Å². The minimum absolute atomic E-state index is 0.157. The third-order valence-corrected chi connectivity index (χ3v) is 3.93. The fraction of sp³-hybridized carbons (Fsp3) is 0.643. The summed E-state index contributed by atoms with van der Waals surface area (Å²) >= 11 is 1.23. The SMILES string of the molecule is CSCC(NC(=O)CCC(NC(=O)CCC(N)C(=O)O)C(=O)O)C(=O)O. The van der Waals surface area contributed by atoms with Crippen LogP contribution in [0.5, 0.6) is 0 Å². The average molecular weight is 393 g/mol. The van der Waals surface area contributed by atoms with Crippen molar-refractivity contribution in [2.24, 2.45) is 5.73 Å². The number of carbonyl (C=O) groups excluding carboxylic acids is 2. The van der Waals surface area contributed by atoms with Gasteiger partial charge >= 0.3 is 17.9 Å². The van der Waals surface area contributed by atoms with Gasteiger partial charge in [0.25, 0.3) is 0 Å².